The SMILES string of the molecule is CC(C)NCCOCCOCCC(=O)N[C@@H](CCCCNC(=O)[C@H](N)CSC1CC(=O)N(CC(=O)C(C)C)C1=O)C(N)=O. The van der Waals surface area contributed by atoms with Crippen LogP contribution >= 0.6 is 11.8 Å². The lowest BCUT2D eigenvalue weighted by Gasteiger charge is -2.17. The van der Waals surface area contributed by atoms with Crippen molar-refractivity contribution in [3.63, 3.8) is 0 Å². The number of hydrogen-bond donors (Lipinski definition) is 5. The lowest BCUT2D eigenvalue weighted by molar-refractivity contribution is -0.142. The minimum absolute atomic E-state index is 0.0282. The van der Waals surface area contributed by atoms with Crippen LogP contribution in [0.5, 0.6) is 0 Å². The lowest BCUT2D eigenvalue weighted by Crippen LogP contribution is -2.45. The number of nitrogens with zero attached hydrogens (tertiary/aromatic N) is 1. The van der Waals surface area contributed by atoms with Gasteiger partial charge in [-0.1, -0.05) is 27.7 Å². The van der Waals surface area contributed by atoms with E-state index in [1.165, 1.54) is 0 Å². The van der Waals surface area contributed by atoms with Crippen molar-refractivity contribution in [3.8, 4) is 0 Å². The van der Waals surface area contributed by atoms with Crippen LogP contribution in [0.25, 0.3) is 0 Å². The van der Waals surface area contributed by atoms with Crippen LogP contribution in [-0.4, -0.2) is 115 Å². The standard InChI is InChI=1S/C28H50N6O8S/c1-18(2)22(35)16-34-25(37)15-23(28(34)40)43-17-20(29)27(39)32-9-6-5-7-21(26(30)38)33-24(36)8-11-41-13-14-42-12-10-31-19(3)4/h18-21,23,31H,5-17,29H2,1-4H3,(H2,30,38)(H,32,39)(H,33,36)/t20-,21+,23?/m1/s1. The van der Waals surface area contributed by atoms with Crippen molar-refractivity contribution in [2.45, 2.75) is 83.2 Å². The largest absolute Gasteiger partial charge is 0.379 e. The van der Waals surface area contributed by atoms with E-state index in [2.05, 4.69) is 29.8 Å². The van der Waals surface area contributed by atoms with Crippen LogP contribution < -0.4 is 27.4 Å². The van der Waals surface area contributed by atoms with Gasteiger partial charge in [-0.2, -0.15) is 0 Å². The van der Waals surface area contributed by atoms with Gasteiger partial charge in [0, 0.05) is 43.6 Å². The normalized spacial score (nSPS) is 16.5. The molecule has 0 aromatic carbocycles. The van der Waals surface area contributed by atoms with Crippen LogP contribution in [0.4, 0.5) is 0 Å². The van der Waals surface area contributed by atoms with Gasteiger partial charge in [0.15, 0.2) is 5.78 Å². The molecule has 0 radical (unpaired) electrons. The molecule has 5 amide bonds. The highest BCUT2D eigenvalue weighted by atomic mass is 32.2. The van der Waals surface area contributed by atoms with Crippen molar-refractivity contribution in [2.75, 3.05) is 51.8 Å². The van der Waals surface area contributed by atoms with Gasteiger partial charge in [-0.15, -0.1) is 11.8 Å². The van der Waals surface area contributed by atoms with Gasteiger partial charge in [0.2, 0.25) is 29.5 Å². The van der Waals surface area contributed by atoms with Gasteiger partial charge < -0.3 is 36.9 Å². The number of likely N-dealkylation sites (tertiary alicyclic amines) is 1. The van der Waals surface area contributed by atoms with E-state index in [4.69, 9.17) is 20.9 Å². The van der Waals surface area contributed by atoms with Gasteiger partial charge in [0.1, 0.15) is 6.04 Å². The Labute approximate surface area is 258 Å². The summed E-state index contributed by atoms with van der Waals surface area (Å²) in [5.41, 5.74) is 11.4. The molecule has 1 fully saturated rings. The van der Waals surface area contributed by atoms with Crippen LogP contribution in [0, 0.1) is 5.92 Å². The van der Waals surface area contributed by atoms with Gasteiger partial charge in [0.05, 0.1) is 44.3 Å². The molecule has 0 saturated carbocycles. The first kappa shape index (κ1) is 38.4. The Bertz CT molecular complexity index is 935. The maximum absolute atomic E-state index is 12.5. The lowest BCUT2D eigenvalue weighted by atomic mass is 10.1. The van der Waals surface area contributed by atoms with Crippen LogP contribution in [0.1, 0.15) is 59.8 Å². The molecular formula is C28H50N6O8S. The second-order valence-electron chi connectivity index (χ2n) is 11.0. The topological polar surface area (TPSA) is 212 Å². The van der Waals surface area contributed by atoms with E-state index in [1.807, 2.05) is 0 Å². The molecule has 14 nitrogen and oxygen atoms in total. The maximum Gasteiger partial charge on any atom is 0.243 e. The van der Waals surface area contributed by atoms with Gasteiger partial charge in [-0.3, -0.25) is 33.7 Å². The zero-order valence-corrected chi connectivity index (χ0v) is 26.7. The number of hydrogen-bond acceptors (Lipinski definition) is 11. The number of nitrogens with one attached hydrogen (secondary N) is 3. The molecule has 1 saturated heterocycles. The smallest absolute Gasteiger partial charge is 0.243 e. The molecule has 43 heavy (non-hydrogen) atoms. The number of amides is 5. The number of carbonyl (C=O) groups excluding carboxylic acids is 6. The summed E-state index contributed by atoms with van der Waals surface area (Å²) in [6.07, 6.45) is 1.40. The number of rotatable bonds is 24. The molecule has 1 unspecified atom stereocenters. The molecule has 0 aromatic rings. The van der Waals surface area contributed by atoms with Crippen molar-refractivity contribution in [1.82, 2.24) is 20.9 Å². The predicted molar refractivity (Wildman–Crippen MR) is 163 cm³/mol. The van der Waals surface area contributed by atoms with E-state index in [9.17, 15) is 28.8 Å². The molecule has 1 aliphatic heterocycles. The maximum atomic E-state index is 12.5. The number of nitrogens with two attached hydrogens (primary N) is 2. The molecule has 246 valence electrons. The van der Waals surface area contributed by atoms with Gasteiger partial charge in [-0.05, 0) is 19.3 Å². The fourth-order valence-electron chi connectivity index (χ4n) is 3.86. The second-order valence-corrected chi connectivity index (χ2v) is 12.2. The first-order valence-electron chi connectivity index (χ1n) is 14.8. The minimum atomic E-state index is -0.896. The number of Topliss-reactive ketones (excluding diaryl/α,β-unsaturated/α-hetero) is 1. The summed E-state index contributed by atoms with van der Waals surface area (Å²) >= 11 is 1.12. The average molecular weight is 631 g/mol. The first-order valence-corrected chi connectivity index (χ1v) is 15.9. The number of primary amides is 1. The summed E-state index contributed by atoms with van der Waals surface area (Å²) in [5, 5.41) is 7.89. The number of carbonyl (C=O) groups is 6. The summed E-state index contributed by atoms with van der Waals surface area (Å²) in [5.74, 6) is -2.59. The van der Waals surface area contributed by atoms with Crippen molar-refractivity contribution in [1.29, 1.82) is 0 Å². The Hall–Kier alpha value is -2.59. The third-order valence-corrected chi connectivity index (χ3v) is 7.84. The molecule has 0 aromatic heterocycles. The Kier molecular flexibility index (Phi) is 18.9. The molecule has 3 atom stereocenters. The monoisotopic (exact) mass is 630 g/mol. The Morgan fingerprint density at radius 3 is 2.30 bits per heavy atom. The molecule has 0 aliphatic carbocycles. The van der Waals surface area contributed by atoms with E-state index in [-0.39, 0.29) is 49.4 Å². The number of imide groups is 1. The third kappa shape index (κ3) is 16.2. The zero-order valence-electron chi connectivity index (χ0n) is 25.9. The summed E-state index contributed by atoms with van der Waals surface area (Å²) in [6, 6.07) is -1.33. The Morgan fingerprint density at radius 2 is 1.67 bits per heavy atom. The van der Waals surface area contributed by atoms with Gasteiger partial charge >= 0.3 is 0 Å². The summed E-state index contributed by atoms with van der Waals surface area (Å²) in [7, 11) is 0. The van der Waals surface area contributed by atoms with Crippen LogP contribution in [0.2, 0.25) is 0 Å². The van der Waals surface area contributed by atoms with Crippen molar-refractivity contribution in [3.05, 3.63) is 0 Å². The van der Waals surface area contributed by atoms with Crippen molar-refractivity contribution >= 4 is 47.1 Å². The fourth-order valence-corrected chi connectivity index (χ4v) is 4.98. The Morgan fingerprint density at radius 1 is 1.00 bits per heavy atom. The van der Waals surface area contributed by atoms with Crippen LogP contribution in [-0.2, 0) is 38.2 Å². The minimum Gasteiger partial charge on any atom is -0.379 e. The van der Waals surface area contributed by atoms with E-state index >= 15 is 0 Å². The number of ether oxygens (including phenoxy) is 2. The molecule has 7 N–H and O–H groups in total. The quantitative estimate of drug-likeness (QED) is 0.0650. The third-order valence-electron chi connectivity index (χ3n) is 6.52. The molecular weight excluding hydrogens is 580 g/mol. The number of unbranched alkanes of at least 4 members (excludes halogenated alkanes) is 1. The molecule has 0 bridgehead atoms. The molecule has 15 heteroatoms. The highest BCUT2D eigenvalue weighted by molar-refractivity contribution is 8.00. The zero-order chi connectivity index (χ0) is 32.4. The average Bonchev–Trinajstić information content (AvgIpc) is 3.20. The Balaban J connectivity index is 2.21. The van der Waals surface area contributed by atoms with Gasteiger partial charge in [-0.25, -0.2) is 0 Å². The number of thioether (sulfide) groups is 1. The van der Waals surface area contributed by atoms with E-state index in [1.54, 1.807) is 13.8 Å². The van der Waals surface area contributed by atoms with E-state index < -0.39 is 41.0 Å². The highest BCUT2D eigenvalue weighted by Crippen LogP contribution is 2.25. The predicted octanol–water partition coefficient (Wildman–Crippen LogP) is -0.923. The van der Waals surface area contributed by atoms with Crippen LogP contribution in [0.15, 0.2) is 0 Å². The van der Waals surface area contributed by atoms with Crippen molar-refractivity contribution < 1.29 is 38.2 Å². The summed E-state index contributed by atoms with van der Waals surface area (Å²) in [6.45, 7) is 9.89. The second kappa shape index (κ2) is 21.2. The number of ketones is 1. The first-order chi connectivity index (χ1) is 20.3. The van der Waals surface area contributed by atoms with E-state index in [0.29, 0.717) is 51.7 Å². The molecule has 1 rings (SSSR count). The molecule has 1 aliphatic rings. The summed E-state index contributed by atoms with van der Waals surface area (Å²) in [4.78, 5) is 73.9. The van der Waals surface area contributed by atoms with Crippen LogP contribution in [0.3, 0.4) is 0 Å². The summed E-state index contributed by atoms with van der Waals surface area (Å²) < 4.78 is 10.8. The van der Waals surface area contributed by atoms with Gasteiger partial charge in [0.25, 0.3) is 0 Å². The van der Waals surface area contributed by atoms with E-state index in [0.717, 1.165) is 23.2 Å². The molecule has 0 spiro atoms. The van der Waals surface area contributed by atoms with Crippen molar-refractivity contribution in [2.24, 2.45) is 17.4 Å². The molecule has 1 heterocycles. The fraction of sp³-hybridized carbons (Fsp3) is 0.786. The highest BCUT2D eigenvalue weighted by Gasteiger charge is 2.40.